The lowest BCUT2D eigenvalue weighted by Crippen LogP contribution is -2.59. The minimum atomic E-state index is -0.949. The molecule has 172 valence electrons. The van der Waals surface area contributed by atoms with Gasteiger partial charge in [-0.3, -0.25) is 9.59 Å². The topological polar surface area (TPSA) is 61.8 Å². The van der Waals surface area contributed by atoms with E-state index in [9.17, 15) is 9.59 Å². The molecule has 5 rings (SSSR count). The molecule has 5 nitrogen and oxygen atoms in total. The van der Waals surface area contributed by atoms with E-state index in [4.69, 9.17) is 14.2 Å². The highest BCUT2D eigenvalue weighted by Crippen LogP contribution is 2.69. The predicted octanol–water partition coefficient (Wildman–Crippen LogP) is 4.97. The number of allylic oxidation sites excluding steroid dienone is 1. The van der Waals surface area contributed by atoms with Crippen molar-refractivity contribution in [3.63, 3.8) is 0 Å². The van der Waals surface area contributed by atoms with Crippen LogP contribution in [0.5, 0.6) is 0 Å². The van der Waals surface area contributed by atoms with E-state index >= 15 is 0 Å². The van der Waals surface area contributed by atoms with Crippen LogP contribution in [0.2, 0.25) is 0 Å². The summed E-state index contributed by atoms with van der Waals surface area (Å²) < 4.78 is 18.1. The zero-order chi connectivity index (χ0) is 22.2. The number of fused-ring (bicyclic) bond motifs is 5. The molecule has 0 aromatic carbocycles. The quantitative estimate of drug-likeness (QED) is 0.457. The molecular weight excluding hydrogens is 392 g/mol. The first-order chi connectivity index (χ1) is 14.6. The molecule has 1 spiro atoms. The van der Waals surface area contributed by atoms with Crippen molar-refractivity contribution in [2.75, 3.05) is 13.2 Å². The Kier molecular flexibility index (Phi) is 4.81. The average molecular weight is 431 g/mol. The third kappa shape index (κ3) is 2.81. The van der Waals surface area contributed by atoms with Gasteiger partial charge in [-0.25, -0.2) is 0 Å². The van der Waals surface area contributed by atoms with Gasteiger partial charge >= 0.3 is 5.97 Å². The molecule has 0 N–H and O–H groups in total. The monoisotopic (exact) mass is 430 g/mol. The smallest absolute Gasteiger partial charge is 0.303 e. The van der Waals surface area contributed by atoms with Gasteiger partial charge in [-0.15, -0.1) is 0 Å². The number of carbonyl (C=O) groups excluding carboxylic acids is 2. The molecule has 5 aliphatic rings. The first kappa shape index (κ1) is 21.6. The lowest BCUT2D eigenvalue weighted by Gasteiger charge is -2.60. The van der Waals surface area contributed by atoms with Gasteiger partial charge in [-0.05, 0) is 75.5 Å². The maximum atomic E-state index is 12.9. The summed E-state index contributed by atoms with van der Waals surface area (Å²) in [5.41, 5.74) is 2.03. The Bertz CT molecular complexity index is 839. The summed E-state index contributed by atoms with van der Waals surface area (Å²) in [5, 5.41) is 0. The fourth-order valence-electron chi connectivity index (χ4n) is 8.85. The molecule has 31 heavy (non-hydrogen) atoms. The van der Waals surface area contributed by atoms with Crippen molar-refractivity contribution in [3.05, 3.63) is 11.1 Å². The largest absolute Gasteiger partial charge is 0.451 e. The molecular formula is C26H38O5. The predicted molar refractivity (Wildman–Crippen MR) is 116 cm³/mol. The Morgan fingerprint density at radius 2 is 1.65 bits per heavy atom. The van der Waals surface area contributed by atoms with Gasteiger partial charge in [0.05, 0.1) is 13.2 Å². The van der Waals surface area contributed by atoms with Crippen LogP contribution in [0.25, 0.3) is 0 Å². The molecule has 4 fully saturated rings. The maximum absolute atomic E-state index is 12.9. The summed E-state index contributed by atoms with van der Waals surface area (Å²) in [7, 11) is 0. The summed E-state index contributed by atoms with van der Waals surface area (Å²) in [6.45, 7) is 11.5. The van der Waals surface area contributed by atoms with E-state index < -0.39 is 11.4 Å². The zero-order valence-corrected chi connectivity index (χ0v) is 19.8. The molecule has 4 aliphatic carbocycles. The maximum Gasteiger partial charge on any atom is 0.303 e. The van der Waals surface area contributed by atoms with Gasteiger partial charge in [0.15, 0.2) is 17.2 Å². The summed E-state index contributed by atoms with van der Waals surface area (Å²) in [6.07, 6.45) is 7.75. The second-order valence-electron chi connectivity index (χ2n) is 11.5. The van der Waals surface area contributed by atoms with Gasteiger partial charge in [0.25, 0.3) is 0 Å². The van der Waals surface area contributed by atoms with Crippen molar-refractivity contribution in [1.82, 2.24) is 0 Å². The molecule has 0 bridgehead atoms. The summed E-state index contributed by atoms with van der Waals surface area (Å²) in [4.78, 5) is 24.9. The van der Waals surface area contributed by atoms with Gasteiger partial charge in [0, 0.05) is 25.2 Å². The minimum absolute atomic E-state index is 0.0243. The van der Waals surface area contributed by atoms with E-state index in [1.807, 2.05) is 0 Å². The fourth-order valence-corrected chi connectivity index (χ4v) is 8.85. The van der Waals surface area contributed by atoms with Crippen LogP contribution in [-0.4, -0.2) is 36.4 Å². The van der Waals surface area contributed by atoms with Crippen LogP contribution in [0.3, 0.4) is 0 Å². The Labute approximate surface area is 186 Å². The van der Waals surface area contributed by atoms with Crippen molar-refractivity contribution in [1.29, 1.82) is 0 Å². The van der Waals surface area contributed by atoms with E-state index in [1.54, 1.807) is 12.5 Å². The van der Waals surface area contributed by atoms with E-state index in [1.165, 1.54) is 12.5 Å². The molecule has 0 aromatic rings. The Morgan fingerprint density at radius 3 is 2.29 bits per heavy atom. The van der Waals surface area contributed by atoms with E-state index in [-0.39, 0.29) is 22.6 Å². The van der Waals surface area contributed by atoms with Crippen LogP contribution >= 0.6 is 0 Å². The molecule has 6 atom stereocenters. The van der Waals surface area contributed by atoms with Crippen molar-refractivity contribution in [2.24, 2.45) is 28.6 Å². The molecule has 3 saturated carbocycles. The fraction of sp³-hybridized carbons (Fsp3) is 0.846. The average Bonchev–Trinajstić information content (AvgIpc) is 3.27. The number of Topliss-reactive ketones (excluding diaryl/α,β-unsaturated/α-hetero) is 1. The lowest BCUT2D eigenvalue weighted by atomic mass is 9.45. The number of hydrogen-bond acceptors (Lipinski definition) is 5. The number of ether oxygens (including phenoxy) is 3. The Morgan fingerprint density at radius 1 is 0.968 bits per heavy atom. The first-order valence-corrected chi connectivity index (χ1v) is 12.2. The number of hydrogen-bond donors (Lipinski definition) is 0. The highest BCUT2D eigenvalue weighted by Gasteiger charge is 2.68. The number of carbonyl (C=O) groups is 2. The highest BCUT2D eigenvalue weighted by molar-refractivity contribution is 5.89. The molecule has 1 heterocycles. The van der Waals surface area contributed by atoms with Gasteiger partial charge < -0.3 is 14.2 Å². The Hall–Kier alpha value is -1.20. The van der Waals surface area contributed by atoms with E-state index in [2.05, 4.69) is 20.8 Å². The number of esters is 1. The second kappa shape index (κ2) is 6.90. The molecule has 0 radical (unpaired) electrons. The third-order valence-corrected chi connectivity index (χ3v) is 10.3. The summed E-state index contributed by atoms with van der Waals surface area (Å²) in [5.74, 6) is 0.876. The molecule has 0 amide bonds. The van der Waals surface area contributed by atoms with Gasteiger partial charge in [-0.2, -0.15) is 0 Å². The number of ketones is 1. The second-order valence-corrected chi connectivity index (χ2v) is 11.5. The van der Waals surface area contributed by atoms with Crippen LogP contribution in [0, 0.1) is 28.6 Å². The highest BCUT2D eigenvalue weighted by atomic mass is 16.7. The van der Waals surface area contributed by atoms with Crippen LogP contribution in [0.1, 0.15) is 86.0 Å². The van der Waals surface area contributed by atoms with Crippen LogP contribution in [-0.2, 0) is 23.8 Å². The van der Waals surface area contributed by atoms with Crippen molar-refractivity contribution < 1.29 is 23.8 Å². The van der Waals surface area contributed by atoms with Crippen LogP contribution < -0.4 is 0 Å². The van der Waals surface area contributed by atoms with Gasteiger partial charge in [0.1, 0.15) is 0 Å². The van der Waals surface area contributed by atoms with Gasteiger partial charge in [0.2, 0.25) is 0 Å². The van der Waals surface area contributed by atoms with Crippen molar-refractivity contribution in [2.45, 2.75) is 97.4 Å². The molecule has 0 aromatic heterocycles. The Balaban J connectivity index is 1.50. The molecule has 5 heteroatoms. The van der Waals surface area contributed by atoms with Gasteiger partial charge in [-0.1, -0.05) is 25.0 Å². The molecule has 1 aliphatic heterocycles. The summed E-state index contributed by atoms with van der Waals surface area (Å²) >= 11 is 0. The standard InChI is InChI=1S/C26H38O5/c1-16-14-19-20(23(4)10-11-25(15-22(16)23)29-12-13-30-25)6-8-24(5)21(19)7-9-26(24,17(2)27)31-18(3)28/h19-21H,6-15H2,1-5H3/t19-,20+,21+,23-,24+,26+/m1/s1. The van der Waals surface area contributed by atoms with Crippen molar-refractivity contribution >= 4 is 11.8 Å². The first-order valence-electron chi connectivity index (χ1n) is 12.2. The SMILES string of the molecule is CC(=O)O[C@]1(C(C)=O)CC[C@H]2[C@@H]3CC(C)=C4CC5(CC[C@]4(C)[C@H]3CC[C@@]21C)OCCO5. The van der Waals surface area contributed by atoms with E-state index in [0.717, 1.165) is 44.9 Å². The molecule has 0 unspecified atom stereocenters. The van der Waals surface area contributed by atoms with Crippen LogP contribution in [0.15, 0.2) is 11.1 Å². The van der Waals surface area contributed by atoms with E-state index in [0.29, 0.717) is 37.4 Å². The van der Waals surface area contributed by atoms with Crippen LogP contribution in [0.4, 0.5) is 0 Å². The normalized spacial score (nSPS) is 45.8. The molecule has 1 saturated heterocycles. The zero-order valence-electron chi connectivity index (χ0n) is 19.8. The third-order valence-electron chi connectivity index (χ3n) is 10.3. The minimum Gasteiger partial charge on any atom is -0.451 e. The number of rotatable bonds is 2. The van der Waals surface area contributed by atoms with Crippen molar-refractivity contribution in [3.8, 4) is 0 Å². The summed E-state index contributed by atoms with van der Waals surface area (Å²) in [6, 6.07) is 0. The lowest BCUT2D eigenvalue weighted by molar-refractivity contribution is -0.195.